The molecule has 5 heteroatoms. The number of ether oxygens (including phenoxy) is 2. The minimum absolute atomic E-state index is 0.0243. The van der Waals surface area contributed by atoms with Crippen molar-refractivity contribution in [2.24, 2.45) is 5.92 Å². The number of morpholine rings is 1. The SMILES string of the molecule is COc1c(C)cc(C(=O)N2CCOC[C@@H]2[C@@H]2CCC[C@@H]2O)cc1C. The smallest absolute Gasteiger partial charge is 0.254 e. The third-order valence-electron chi connectivity index (χ3n) is 5.36. The van der Waals surface area contributed by atoms with Gasteiger partial charge < -0.3 is 19.5 Å². The van der Waals surface area contributed by atoms with Gasteiger partial charge in [-0.15, -0.1) is 0 Å². The van der Waals surface area contributed by atoms with Crippen LogP contribution in [0.4, 0.5) is 0 Å². The van der Waals surface area contributed by atoms with E-state index in [0.29, 0.717) is 25.3 Å². The molecule has 0 radical (unpaired) electrons. The maximum atomic E-state index is 13.1. The number of carbonyl (C=O) groups is 1. The summed E-state index contributed by atoms with van der Waals surface area (Å²) < 4.78 is 11.0. The Hall–Kier alpha value is -1.59. The summed E-state index contributed by atoms with van der Waals surface area (Å²) in [5, 5.41) is 10.3. The van der Waals surface area contributed by atoms with Gasteiger partial charge in [0.15, 0.2) is 0 Å². The predicted octanol–water partition coefficient (Wildman–Crippen LogP) is 2.31. The van der Waals surface area contributed by atoms with E-state index in [0.717, 1.165) is 36.1 Å². The number of aliphatic hydroxyl groups is 1. The van der Waals surface area contributed by atoms with Gasteiger partial charge in [0.05, 0.1) is 32.5 Å². The molecule has 3 atom stereocenters. The molecule has 1 aliphatic carbocycles. The fraction of sp³-hybridized carbons (Fsp3) is 0.632. The first-order valence-corrected chi connectivity index (χ1v) is 8.75. The number of amides is 1. The molecule has 2 fully saturated rings. The molecule has 0 spiro atoms. The van der Waals surface area contributed by atoms with E-state index in [2.05, 4.69) is 0 Å². The van der Waals surface area contributed by atoms with E-state index in [1.165, 1.54) is 0 Å². The number of aliphatic hydroxyl groups excluding tert-OH is 1. The second-order valence-corrected chi connectivity index (χ2v) is 6.95. The lowest BCUT2D eigenvalue weighted by atomic mass is 9.93. The zero-order chi connectivity index (χ0) is 17.3. The lowest BCUT2D eigenvalue weighted by Gasteiger charge is -2.40. The van der Waals surface area contributed by atoms with Crippen LogP contribution in [0.15, 0.2) is 12.1 Å². The maximum Gasteiger partial charge on any atom is 0.254 e. The van der Waals surface area contributed by atoms with Crippen molar-refractivity contribution in [3.63, 3.8) is 0 Å². The molecule has 1 aromatic rings. The van der Waals surface area contributed by atoms with Gasteiger partial charge >= 0.3 is 0 Å². The monoisotopic (exact) mass is 333 g/mol. The Morgan fingerprint density at radius 3 is 2.58 bits per heavy atom. The second kappa shape index (κ2) is 7.11. The highest BCUT2D eigenvalue weighted by Crippen LogP contribution is 2.33. The van der Waals surface area contributed by atoms with E-state index in [4.69, 9.17) is 9.47 Å². The van der Waals surface area contributed by atoms with Crippen molar-refractivity contribution in [3.05, 3.63) is 28.8 Å². The fourth-order valence-corrected chi connectivity index (χ4v) is 4.21. The van der Waals surface area contributed by atoms with Crippen molar-refractivity contribution in [1.29, 1.82) is 0 Å². The Kier molecular flexibility index (Phi) is 5.11. The Balaban J connectivity index is 1.87. The van der Waals surface area contributed by atoms with Crippen LogP contribution in [-0.2, 0) is 4.74 Å². The summed E-state index contributed by atoms with van der Waals surface area (Å²) >= 11 is 0. The first-order valence-electron chi connectivity index (χ1n) is 8.75. The second-order valence-electron chi connectivity index (χ2n) is 6.95. The summed E-state index contributed by atoms with van der Waals surface area (Å²) in [7, 11) is 1.65. The van der Waals surface area contributed by atoms with E-state index < -0.39 is 0 Å². The molecular formula is C19H27NO4. The van der Waals surface area contributed by atoms with Gasteiger partial charge in [-0.1, -0.05) is 6.42 Å². The Labute approximate surface area is 143 Å². The molecule has 1 heterocycles. The highest BCUT2D eigenvalue weighted by Gasteiger charge is 2.39. The zero-order valence-electron chi connectivity index (χ0n) is 14.7. The van der Waals surface area contributed by atoms with Gasteiger partial charge in [0.2, 0.25) is 0 Å². The van der Waals surface area contributed by atoms with Crippen LogP contribution in [0.25, 0.3) is 0 Å². The van der Waals surface area contributed by atoms with E-state index in [9.17, 15) is 9.90 Å². The molecule has 3 rings (SSSR count). The topological polar surface area (TPSA) is 59.0 Å². The summed E-state index contributed by atoms with van der Waals surface area (Å²) in [5.41, 5.74) is 2.61. The molecule has 1 saturated carbocycles. The van der Waals surface area contributed by atoms with Crippen LogP contribution in [0, 0.1) is 19.8 Å². The summed E-state index contributed by atoms with van der Waals surface area (Å²) in [6, 6.07) is 3.75. The van der Waals surface area contributed by atoms with Crippen LogP contribution < -0.4 is 4.74 Å². The molecule has 0 unspecified atom stereocenters. The van der Waals surface area contributed by atoms with Gasteiger partial charge in [0.1, 0.15) is 5.75 Å². The van der Waals surface area contributed by atoms with Crippen molar-refractivity contribution >= 4 is 5.91 Å². The standard InChI is InChI=1S/C19H27NO4/c1-12-9-14(10-13(2)18(12)23-3)19(22)20-7-8-24-11-16(20)15-5-4-6-17(15)21/h9-10,15-17,21H,4-8,11H2,1-3H3/t15-,16+,17-/m0/s1. The first kappa shape index (κ1) is 17.2. The zero-order valence-corrected chi connectivity index (χ0v) is 14.7. The quantitative estimate of drug-likeness (QED) is 0.922. The lowest BCUT2D eigenvalue weighted by Crippen LogP contribution is -2.53. The number of rotatable bonds is 3. The third kappa shape index (κ3) is 3.15. The Morgan fingerprint density at radius 2 is 2.00 bits per heavy atom. The third-order valence-corrected chi connectivity index (χ3v) is 5.36. The number of benzene rings is 1. The maximum absolute atomic E-state index is 13.1. The Bertz CT molecular complexity index is 592. The highest BCUT2D eigenvalue weighted by molar-refractivity contribution is 5.95. The van der Waals surface area contributed by atoms with Gasteiger partial charge in [0, 0.05) is 18.0 Å². The van der Waals surface area contributed by atoms with Crippen molar-refractivity contribution in [2.75, 3.05) is 26.9 Å². The fourth-order valence-electron chi connectivity index (χ4n) is 4.21. The number of hydrogen-bond donors (Lipinski definition) is 1. The lowest BCUT2D eigenvalue weighted by molar-refractivity contribution is -0.0383. The van der Waals surface area contributed by atoms with Crippen LogP contribution >= 0.6 is 0 Å². The van der Waals surface area contributed by atoms with Crippen LogP contribution in [-0.4, -0.2) is 54.9 Å². The van der Waals surface area contributed by atoms with Crippen LogP contribution in [0.3, 0.4) is 0 Å². The number of carbonyl (C=O) groups excluding carboxylic acids is 1. The molecule has 1 saturated heterocycles. The summed E-state index contributed by atoms with van der Waals surface area (Å²) in [6.07, 6.45) is 2.47. The number of hydrogen-bond acceptors (Lipinski definition) is 4. The van der Waals surface area contributed by atoms with Crippen molar-refractivity contribution in [1.82, 2.24) is 4.90 Å². The molecule has 5 nitrogen and oxygen atoms in total. The van der Waals surface area contributed by atoms with E-state index in [-0.39, 0.29) is 24.0 Å². The predicted molar refractivity (Wildman–Crippen MR) is 91.5 cm³/mol. The van der Waals surface area contributed by atoms with Crippen LogP contribution in [0.5, 0.6) is 5.75 Å². The van der Waals surface area contributed by atoms with Gasteiger partial charge in [-0.2, -0.15) is 0 Å². The van der Waals surface area contributed by atoms with Gasteiger partial charge in [-0.3, -0.25) is 4.79 Å². The normalized spacial score (nSPS) is 27.3. The summed E-state index contributed by atoms with van der Waals surface area (Å²) in [5.74, 6) is 0.974. The Morgan fingerprint density at radius 1 is 1.29 bits per heavy atom. The molecule has 1 amide bonds. The molecule has 2 aliphatic rings. The van der Waals surface area contributed by atoms with Crippen LogP contribution in [0.2, 0.25) is 0 Å². The molecule has 0 aromatic heterocycles. The molecule has 1 aliphatic heterocycles. The number of methoxy groups -OCH3 is 1. The minimum Gasteiger partial charge on any atom is -0.496 e. The minimum atomic E-state index is -0.327. The summed E-state index contributed by atoms with van der Waals surface area (Å²) in [6.45, 7) is 5.57. The molecule has 1 N–H and O–H groups in total. The molecular weight excluding hydrogens is 306 g/mol. The van der Waals surface area contributed by atoms with Crippen molar-refractivity contribution in [3.8, 4) is 5.75 Å². The first-order chi connectivity index (χ1) is 11.5. The van der Waals surface area contributed by atoms with E-state index in [1.54, 1.807) is 7.11 Å². The van der Waals surface area contributed by atoms with Crippen molar-refractivity contribution in [2.45, 2.75) is 45.3 Å². The van der Waals surface area contributed by atoms with E-state index >= 15 is 0 Å². The molecule has 132 valence electrons. The van der Waals surface area contributed by atoms with Gasteiger partial charge in [-0.25, -0.2) is 0 Å². The highest BCUT2D eigenvalue weighted by atomic mass is 16.5. The summed E-state index contributed by atoms with van der Waals surface area (Å²) in [4.78, 5) is 15.0. The number of nitrogens with zero attached hydrogens (tertiary/aromatic N) is 1. The van der Waals surface area contributed by atoms with Gasteiger partial charge in [0.25, 0.3) is 5.91 Å². The van der Waals surface area contributed by atoms with Crippen LogP contribution in [0.1, 0.15) is 40.7 Å². The largest absolute Gasteiger partial charge is 0.496 e. The molecule has 0 bridgehead atoms. The number of aryl methyl sites for hydroxylation is 2. The van der Waals surface area contributed by atoms with Crippen molar-refractivity contribution < 1.29 is 19.4 Å². The molecule has 1 aromatic carbocycles. The van der Waals surface area contributed by atoms with Gasteiger partial charge in [-0.05, 0) is 49.9 Å². The average Bonchev–Trinajstić information content (AvgIpc) is 2.99. The van der Waals surface area contributed by atoms with E-state index in [1.807, 2.05) is 30.9 Å². The molecule has 24 heavy (non-hydrogen) atoms. The average molecular weight is 333 g/mol.